The summed E-state index contributed by atoms with van der Waals surface area (Å²) in [6, 6.07) is 72.1. The molecule has 0 saturated carbocycles. The van der Waals surface area contributed by atoms with Crippen molar-refractivity contribution in [1.82, 2.24) is 0 Å². The molecule has 4 heteroatoms. The van der Waals surface area contributed by atoms with E-state index in [0.29, 0.717) is 0 Å². The van der Waals surface area contributed by atoms with Gasteiger partial charge < -0.3 is 9.80 Å². The van der Waals surface area contributed by atoms with Gasteiger partial charge in [0.25, 0.3) is 6.71 Å². The highest BCUT2D eigenvalue weighted by atomic mass is 28.3. The van der Waals surface area contributed by atoms with E-state index in [4.69, 9.17) is 0 Å². The standard InChI is InChI=1S/C64H67BN2Si/c1-61(2,3)47-27-22-28-51(39-47)67-57-41-48(62(4,5)6)33-37-54(57)65-55-40-49(64(9,10)45-25-18-14-19-26-45)34-38-56(55)66(50-35-31-46(32-36-50)63(7,8)44-23-16-13-17-24-44)58-42-53(43-59(67)60(58)65)68(11,12)52-29-20-15-21-30-52/h13-43H,1-12H3. The third-order valence-electron chi connectivity index (χ3n) is 15.7. The molecule has 340 valence electrons. The van der Waals surface area contributed by atoms with Gasteiger partial charge in [0.05, 0.1) is 0 Å². The van der Waals surface area contributed by atoms with Gasteiger partial charge in [0.1, 0.15) is 8.07 Å². The van der Waals surface area contributed by atoms with E-state index >= 15 is 0 Å². The van der Waals surface area contributed by atoms with Crippen LogP contribution in [0.4, 0.5) is 34.1 Å². The minimum absolute atomic E-state index is 0.00400. The van der Waals surface area contributed by atoms with Gasteiger partial charge in [0, 0.05) is 45.0 Å². The Morgan fingerprint density at radius 1 is 0.338 bits per heavy atom. The van der Waals surface area contributed by atoms with E-state index in [9.17, 15) is 0 Å². The predicted molar refractivity (Wildman–Crippen MR) is 298 cm³/mol. The van der Waals surface area contributed by atoms with Crippen LogP contribution in [-0.4, -0.2) is 14.8 Å². The van der Waals surface area contributed by atoms with Crippen LogP contribution in [0.5, 0.6) is 0 Å². The summed E-state index contributed by atoms with van der Waals surface area (Å²) in [7, 11) is -2.28. The molecule has 0 fully saturated rings. The smallest absolute Gasteiger partial charge is 0.252 e. The van der Waals surface area contributed by atoms with Crippen molar-refractivity contribution < 1.29 is 0 Å². The zero-order chi connectivity index (χ0) is 48.0. The van der Waals surface area contributed by atoms with E-state index in [1.807, 2.05) is 0 Å². The summed E-state index contributed by atoms with van der Waals surface area (Å²) in [4.78, 5) is 5.25. The summed E-state index contributed by atoms with van der Waals surface area (Å²) < 4.78 is 0. The highest BCUT2D eigenvalue weighted by Gasteiger charge is 2.46. The van der Waals surface area contributed by atoms with Gasteiger partial charge in [0.15, 0.2) is 0 Å². The minimum atomic E-state index is -2.28. The molecule has 0 N–H and O–H groups in total. The average molecular weight is 903 g/mol. The number of hydrogen-bond acceptors (Lipinski definition) is 2. The van der Waals surface area contributed by atoms with Gasteiger partial charge >= 0.3 is 0 Å². The van der Waals surface area contributed by atoms with Crippen molar-refractivity contribution >= 4 is 75.7 Å². The van der Waals surface area contributed by atoms with Gasteiger partial charge in [-0.25, -0.2) is 0 Å². The average Bonchev–Trinajstić information content (AvgIpc) is 3.33. The lowest BCUT2D eigenvalue weighted by Crippen LogP contribution is -2.63. The van der Waals surface area contributed by atoms with Crippen LogP contribution in [0.1, 0.15) is 103 Å². The van der Waals surface area contributed by atoms with E-state index in [1.165, 1.54) is 94.3 Å². The van der Waals surface area contributed by atoms with Gasteiger partial charge in [-0.05, 0) is 109 Å². The van der Waals surface area contributed by atoms with Gasteiger partial charge in [-0.3, -0.25) is 0 Å². The summed E-state index contributed by atoms with van der Waals surface area (Å²) in [5.74, 6) is 0. The minimum Gasteiger partial charge on any atom is -0.311 e. The fourth-order valence-corrected chi connectivity index (χ4v) is 13.3. The van der Waals surface area contributed by atoms with Gasteiger partial charge in [-0.2, -0.15) is 0 Å². The SMILES string of the molecule is CC(C)(C)c1cccc(N2c3cc(C(C)(C)C)ccc3B3c4cc(C(C)(C)c5ccccc5)ccc4N(c4ccc(C(C)(C)c5ccccc5)cc4)c4cc([Si](C)(C)c5ccccc5)cc2c43)c1. The van der Waals surface area contributed by atoms with E-state index in [-0.39, 0.29) is 28.4 Å². The van der Waals surface area contributed by atoms with Gasteiger partial charge in [-0.15, -0.1) is 0 Å². The maximum absolute atomic E-state index is 2.64. The Morgan fingerprint density at radius 2 is 0.809 bits per heavy atom. The Balaban J connectivity index is 1.30. The molecule has 0 aromatic heterocycles. The second-order valence-corrected chi connectivity index (χ2v) is 27.6. The molecule has 0 bridgehead atoms. The van der Waals surface area contributed by atoms with Crippen molar-refractivity contribution in [2.24, 2.45) is 0 Å². The number of hydrogen-bond donors (Lipinski definition) is 0. The molecule has 0 atom stereocenters. The first-order valence-corrected chi connectivity index (χ1v) is 27.7. The van der Waals surface area contributed by atoms with Crippen LogP contribution < -0.4 is 36.6 Å². The Hall–Kier alpha value is -6.36. The summed E-state index contributed by atoms with van der Waals surface area (Å²) in [5.41, 5.74) is 18.9. The molecule has 0 unspecified atom stereocenters. The molecule has 8 aromatic rings. The first kappa shape index (κ1) is 45.4. The van der Waals surface area contributed by atoms with Crippen molar-refractivity contribution in [3.8, 4) is 0 Å². The maximum Gasteiger partial charge on any atom is 0.252 e. The normalized spacial score (nSPS) is 13.8. The van der Waals surface area contributed by atoms with Gasteiger partial charge in [0.2, 0.25) is 0 Å². The molecule has 0 saturated heterocycles. The van der Waals surface area contributed by atoms with Crippen molar-refractivity contribution in [2.45, 2.75) is 104 Å². The molecular weight excluding hydrogens is 836 g/mol. The van der Waals surface area contributed by atoms with Gasteiger partial charge in [-0.1, -0.05) is 232 Å². The van der Waals surface area contributed by atoms with Crippen molar-refractivity contribution in [3.05, 3.63) is 221 Å². The highest BCUT2D eigenvalue weighted by Crippen LogP contribution is 2.47. The molecule has 0 aliphatic carbocycles. The van der Waals surface area contributed by atoms with E-state index < -0.39 is 8.07 Å². The topological polar surface area (TPSA) is 6.48 Å². The van der Waals surface area contributed by atoms with Crippen molar-refractivity contribution in [3.63, 3.8) is 0 Å². The first-order chi connectivity index (χ1) is 32.3. The molecule has 0 amide bonds. The summed E-state index contributed by atoms with van der Waals surface area (Å²) in [6.07, 6.45) is 0. The quantitative estimate of drug-likeness (QED) is 0.140. The lowest BCUT2D eigenvalue weighted by molar-refractivity contribution is 0.590. The van der Waals surface area contributed by atoms with Crippen molar-refractivity contribution in [2.75, 3.05) is 9.80 Å². The molecule has 2 aliphatic rings. The predicted octanol–water partition coefficient (Wildman–Crippen LogP) is 13.8. The Bertz CT molecular complexity index is 3160. The van der Waals surface area contributed by atoms with E-state index in [0.717, 1.165) is 0 Å². The Labute approximate surface area is 408 Å². The van der Waals surface area contributed by atoms with Crippen LogP contribution in [0, 0.1) is 0 Å². The summed E-state index contributed by atoms with van der Waals surface area (Å²) >= 11 is 0. The molecule has 68 heavy (non-hydrogen) atoms. The van der Waals surface area contributed by atoms with Crippen LogP contribution in [-0.2, 0) is 21.7 Å². The zero-order valence-electron chi connectivity index (χ0n) is 42.4. The lowest BCUT2D eigenvalue weighted by Gasteiger charge is -2.46. The van der Waals surface area contributed by atoms with Crippen LogP contribution in [0.15, 0.2) is 188 Å². The molecule has 2 heterocycles. The van der Waals surface area contributed by atoms with E-state index in [2.05, 4.69) is 280 Å². The molecule has 10 rings (SSSR count). The molecule has 2 aliphatic heterocycles. The zero-order valence-corrected chi connectivity index (χ0v) is 43.4. The molecule has 8 aromatic carbocycles. The number of nitrogens with zero attached hydrogens (tertiary/aromatic N) is 2. The van der Waals surface area contributed by atoms with Crippen LogP contribution in [0.25, 0.3) is 0 Å². The third kappa shape index (κ3) is 7.66. The summed E-state index contributed by atoms with van der Waals surface area (Å²) in [5, 5.41) is 2.85. The first-order valence-electron chi connectivity index (χ1n) is 24.7. The van der Waals surface area contributed by atoms with Crippen molar-refractivity contribution in [1.29, 1.82) is 0 Å². The number of benzene rings is 8. The van der Waals surface area contributed by atoms with Crippen LogP contribution in [0.2, 0.25) is 13.1 Å². The molecule has 0 radical (unpaired) electrons. The second-order valence-electron chi connectivity index (χ2n) is 23.1. The number of fused-ring (bicyclic) bond motifs is 4. The lowest BCUT2D eigenvalue weighted by atomic mass is 9.33. The number of anilines is 6. The third-order valence-corrected chi connectivity index (χ3v) is 19.2. The molecule has 2 nitrogen and oxygen atoms in total. The highest BCUT2D eigenvalue weighted by molar-refractivity contribution is 7.02. The monoisotopic (exact) mass is 903 g/mol. The fraction of sp³-hybridized carbons (Fsp3) is 0.250. The summed E-state index contributed by atoms with van der Waals surface area (Å²) in [6.45, 7) is 28.5. The Kier molecular flexibility index (Phi) is 11.0. The number of rotatable bonds is 8. The fourth-order valence-electron chi connectivity index (χ4n) is 11.0. The molecular formula is C64H67BN2Si. The maximum atomic E-state index is 2.64. The van der Waals surface area contributed by atoms with Crippen LogP contribution in [0.3, 0.4) is 0 Å². The van der Waals surface area contributed by atoms with Crippen LogP contribution >= 0.6 is 0 Å². The largest absolute Gasteiger partial charge is 0.311 e. The second kappa shape index (κ2) is 16.4. The Morgan fingerprint density at radius 3 is 1.38 bits per heavy atom. The molecule has 0 spiro atoms. The van der Waals surface area contributed by atoms with E-state index in [1.54, 1.807) is 0 Å².